The second-order valence-corrected chi connectivity index (χ2v) is 14.7. The molecular formula is C40H33NSi. The van der Waals surface area contributed by atoms with Crippen LogP contribution in [0.25, 0.3) is 34.0 Å². The van der Waals surface area contributed by atoms with E-state index in [-0.39, 0.29) is 0 Å². The molecule has 202 valence electrons. The Labute approximate surface area is 249 Å². The van der Waals surface area contributed by atoms with Crippen LogP contribution in [0.15, 0.2) is 158 Å². The van der Waals surface area contributed by atoms with Crippen molar-refractivity contribution in [2.75, 3.05) is 0 Å². The molecule has 0 atom stereocenters. The third-order valence-electron chi connectivity index (χ3n) is 8.54. The van der Waals surface area contributed by atoms with E-state index in [0.29, 0.717) is 0 Å². The zero-order valence-electron chi connectivity index (χ0n) is 23.8. The lowest BCUT2D eigenvalue weighted by Gasteiger charge is -2.34. The Balaban J connectivity index is 1.30. The summed E-state index contributed by atoms with van der Waals surface area (Å²) >= 11 is 0. The number of aromatic nitrogens is 1. The van der Waals surface area contributed by atoms with Gasteiger partial charge in [-0.1, -0.05) is 152 Å². The molecule has 0 unspecified atom stereocenters. The molecule has 2 heteroatoms. The van der Waals surface area contributed by atoms with E-state index < -0.39 is 8.07 Å². The van der Waals surface area contributed by atoms with Crippen LogP contribution < -0.4 is 20.7 Å². The van der Waals surface area contributed by atoms with Gasteiger partial charge in [-0.25, -0.2) is 0 Å². The Morgan fingerprint density at radius 1 is 0.452 bits per heavy atom. The highest BCUT2D eigenvalue weighted by Gasteiger charge is 2.41. The predicted molar refractivity (Wildman–Crippen MR) is 184 cm³/mol. The SMILES string of the molecule is CCn1c2ccccc2c2cc(/C=C/c3ccc([Si](c4ccccc4)(c4ccccc4)c4ccccc4)cc3)ccc21. The van der Waals surface area contributed by atoms with Crippen molar-refractivity contribution < 1.29 is 0 Å². The van der Waals surface area contributed by atoms with Gasteiger partial charge in [-0.15, -0.1) is 0 Å². The number of hydrogen-bond donors (Lipinski definition) is 0. The number of aryl methyl sites for hydroxylation is 1. The smallest absolute Gasteiger partial charge is 0.179 e. The van der Waals surface area contributed by atoms with Gasteiger partial charge in [-0.05, 0) is 57.0 Å². The predicted octanol–water partition coefficient (Wildman–Crippen LogP) is 7.36. The van der Waals surface area contributed by atoms with Crippen molar-refractivity contribution in [1.82, 2.24) is 4.57 Å². The van der Waals surface area contributed by atoms with E-state index in [0.717, 1.165) is 6.54 Å². The molecule has 0 amide bonds. The first-order chi connectivity index (χ1) is 20.8. The van der Waals surface area contributed by atoms with E-state index in [1.807, 2.05) is 0 Å². The summed E-state index contributed by atoms with van der Waals surface area (Å²) in [7, 11) is -2.49. The Bertz CT molecular complexity index is 1890. The Morgan fingerprint density at radius 3 is 1.48 bits per heavy atom. The van der Waals surface area contributed by atoms with E-state index in [4.69, 9.17) is 0 Å². The summed E-state index contributed by atoms with van der Waals surface area (Å²) in [6, 6.07) is 58.1. The van der Waals surface area contributed by atoms with Crippen LogP contribution in [0.5, 0.6) is 0 Å². The van der Waals surface area contributed by atoms with Crippen molar-refractivity contribution >= 4 is 62.8 Å². The number of rotatable bonds is 7. The van der Waals surface area contributed by atoms with Crippen LogP contribution in [0.4, 0.5) is 0 Å². The van der Waals surface area contributed by atoms with Crippen LogP contribution in [-0.2, 0) is 6.54 Å². The second-order valence-electron chi connectivity index (χ2n) is 10.8. The number of fused-ring (bicyclic) bond motifs is 3. The van der Waals surface area contributed by atoms with Crippen molar-refractivity contribution in [1.29, 1.82) is 0 Å². The standard InChI is InChI=1S/C40H33NSi/c1-2-41-39-21-13-12-20-37(39)38-30-32(26-29-40(38)41)23-22-31-24-27-36(28-25-31)42(33-14-6-3-7-15-33,34-16-8-4-9-17-34)35-18-10-5-11-19-35/h3-30H,2H2,1H3/b23-22+. The van der Waals surface area contributed by atoms with Crippen molar-refractivity contribution in [3.05, 3.63) is 169 Å². The largest absolute Gasteiger partial charge is 0.341 e. The molecule has 0 fully saturated rings. The van der Waals surface area contributed by atoms with Gasteiger partial charge in [0.15, 0.2) is 8.07 Å². The van der Waals surface area contributed by atoms with Crippen LogP contribution in [0.3, 0.4) is 0 Å². The minimum Gasteiger partial charge on any atom is -0.341 e. The van der Waals surface area contributed by atoms with Gasteiger partial charge >= 0.3 is 0 Å². The Kier molecular flexibility index (Phi) is 6.91. The van der Waals surface area contributed by atoms with E-state index in [1.54, 1.807) is 0 Å². The normalized spacial score (nSPS) is 11.9. The number of hydrogen-bond acceptors (Lipinski definition) is 0. The first-order valence-electron chi connectivity index (χ1n) is 14.8. The quantitative estimate of drug-likeness (QED) is 0.110. The van der Waals surface area contributed by atoms with Crippen LogP contribution in [0.1, 0.15) is 18.1 Å². The van der Waals surface area contributed by atoms with E-state index in [1.165, 1.54) is 53.7 Å². The Morgan fingerprint density at radius 2 is 0.905 bits per heavy atom. The lowest BCUT2D eigenvalue weighted by atomic mass is 10.1. The molecule has 6 aromatic carbocycles. The van der Waals surface area contributed by atoms with Gasteiger partial charge < -0.3 is 4.57 Å². The number of para-hydroxylation sites is 1. The lowest BCUT2D eigenvalue weighted by Crippen LogP contribution is -2.74. The van der Waals surface area contributed by atoms with E-state index in [9.17, 15) is 0 Å². The minimum absolute atomic E-state index is 0.964. The van der Waals surface area contributed by atoms with Crippen LogP contribution in [-0.4, -0.2) is 12.6 Å². The maximum Gasteiger partial charge on any atom is 0.179 e. The maximum absolute atomic E-state index is 2.49. The summed E-state index contributed by atoms with van der Waals surface area (Å²) in [5.41, 5.74) is 5.01. The molecule has 0 saturated carbocycles. The molecule has 0 spiro atoms. The zero-order chi connectivity index (χ0) is 28.4. The average Bonchev–Trinajstić information content (AvgIpc) is 3.39. The number of benzene rings is 6. The van der Waals surface area contributed by atoms with Gasteiger partial charge in [0.25, 0.3) is 0 Å². The molecule has 0 radical (unpaired) electrons. The molecule has 7 rings (SSSR count). The van der Waals surface area contributed by atoms with Crippen molar-refractivity contribution in [2.24, 2.45) is 0 Å². The van der Waals surface area contributed by atoms with Gasteiger partial charge in [-0.2, -0.15) is 0 Å². The molecule has 0 N–H and O–H groups in total. The van der Waals surface area contributed by atoms with Crippen molar-refractivity contribution in [3.63, 3.8) is 0 Å². The van der Waals surface area contributed by atoms with Crippen LogP contribution in [0, 0.1) is 0 Å². The minimum atomic E-state index is -2.49. The molecule has 0 saturated heterocycles. The highest BCUT2D eigenvalue weighted by Crippen LogP contribution is 2.30. The average molecular weight is 556 g/mol. The fourth-order valence-corrected chi connectivity index (χ4v) is 11.4. The molecule has 7 aromatic rings. The van der Waals surface area contributed by atoms with E-state index in [2.05, 4.69) is 181 Å². The van der Waals surface area contributed by atoms with Crippen LogP contribution >= 0.6 is 0 Å². The number of nitrogens with zero attached hydrogens (tertiary/aromatic N) is 1. The fourth-order valence-electron chi connectivity index (χ4n) is 6.62. The summed E-state index contributed by atoms with van der Waals surface area (Å²) in [5.74, 6) is 0. The highest BCUT2D eigenvalue weighted by atomic mass is 28.3. The third-order valence-corrected chi connectivity index (χ3v) is 13.3. The molecule has 1 heterocycles. The fraction of sp³-hybridized carbons (Fsp3) is 0.0500. The van der Waals surface area contributed by atoms with E-state index >= 15 is 0 Å². The highest BCUT2D eigenvalue weighted by molar-refractivity contribution is 7.19. The Hall–Kier alpha value is -4.92. The van der Waals surface area contributed by atoms with Crippen LogP contribution in [0.2, 0.25) is 0 Å². The lowest BCUT2D eigenvalue weighted by molar-refractivity contribution is 0.827. The first-order valence-corrected chi connectivity index (χ1v) is 16.8. The summed E-state index contributed by atoms with van der Waals surface area (Å²) in [4.78, 5) is 0. The monoisotopic (exact) mass is 555 g/mol. The molecule has 0 aliphatic rings. The van der Waals surface area contributed by atoms with Gasteiger partial charge in [-0.3, -0.25) is 0 Å². The van der Waals surface area contributed by atoms with Crippen molar-refractivity contribution in [3.8, 4) is 0 Å². The molecule has 1 nitrogen and oxygen atoms in total. The zero-order valence-corrected chi connectivity index (χ0v) is 24.8. The first kappa shape index (κ1) is 26.0. The van der Waals surface area contributed by atoms with Gasteiger partial charge in [0.2, 0.25) is 0 Å². The third kappa shape index (κ3) is 4.41. The summed E-state index contributed by atoms with van der Waals surface area (Å²) < 4.78 is 2.40. The van der Waals surface area contributed by atoms with Gasteiger partial charge in [0.05, 0.1) is 0 Å². The maximum atomic E-state index is 2.40. The van der Waals surface area contributed by atoms with Crippen molar-refractivity contribution in [2.45, 2.75) is 13.5 Å². The molecule has 0 aliphatic carbocycles. The second kappa shape index (κ2) is 11.2. The van der Waals surface area contributed by atoms with Gasteiger partial charge in [0.1, 0.15) is 0 Å². The molecule has 1 aromatic heterocycles. The molecule has 0 aliphatic heterocycles. The topological polar surface area (TPSA) is 4.93 Å². The molecule has 42 heavy (non-hydrogen) atoms. The molecule has 0 bridgehead atoms. The summed E-state index contributed by atoms with van der Waals surface area (Å²) in [6.45, 7) is 3.18. The van der Waals surface area contributed by atoms with Gasteiger partial charge in [0, 0.05) is 28.4 Å². The summed E-state index contributed by atoms with van der Waals surface area (Å²) in [6.07, 6.45) is 4.48. The molecular weight excluding hydrogens is 523 g/mol. The summed E-state index contributed by atoms with van der Waals surface area (Å²) in [5, 5.41) is 8.20.